The van der Waals surface area contributed by atoms with E-state index in [9.17, 15) is 14.0 Å². The van der Waals surface area contributed by atoms with Crippen LogP contribution in [0, 0.1) is 5.82 Å². The molecule has 2 aromatic carbocycles. The van der Waals surface area contributed by atoms with Crippen LogP contribution in [0.4, 0.5) is 14.9 Å². The lowest BCUT2D eigenvalue weighted by atomic mass is 10.2. The summed E-state index contributed by atoms with van der Waals surface area (Å²) in [5.41, 5.74) is 1.10. The number of benzene rings is 2. The molecular weight excluding hydrogens is 484 g/mol. The number of hydrogen-bond donors (Lipinski definition) is 1. The third-order valence-corrected chi connectivity index (χ3v) is 5.47. The average molecular weight is 508 g/mol. The minimum absolute atomic E-state index is 0.171. The molecule has 0 radical (unpaired) electrons. The zero-order valence-electron chi connectivity index (χ0n) is 18.5. The van der Waals surface area contributed by atoms with Crippen molar-refractivity contribution >= 4 is 40.8 Å². The maximum absolute atomic E-state index is 13.3. The number of ether oxygens (including phenoxy) is 1. The van der Waals surface area contributed by atoms with Crippen LogP contribution in [0.3, 0.4) is 0 Å². The predicted molar refractivity (Wildman–Crippen MR) is 128 cm³/mol. The third-order valence-electron chi connectivity index (χ3n) is 4.92. The van der Waals surface area contributed by atoms with Crippen LogP contribution in [0.5, 0.6) is 0 Å². The predicted octanol–water partition coefficient (Wildman–Crippen LogP) is 5.43. The summed E-state index contributed by atoms with van der Waals surface area (Å²) in [6.07, 6.45) is 1.52. The van der Waals surface area contributed by atoms with E-state index >= 15 is 0 Å². The van der Waals surface area contributed by atoms with Gasteiger partial charge in [0, 0.05) is 25.2 Å². The molecule has 3 amide bonds. The van der Waals surface area contributed by atoms with Gasteiger partial charge in [0.1, 0.15) is 18.1 Å². The molecule has 0 spiro atoms. The first-order valence-corrected chi connectivity index (χ1v) is 11.2. The number of methoxy groups -OCH3 is 1. The monoisotopic (exact) mass is 507 g/mol. The largest absolute Gasteiger partial charge is 0.467 e. The van der Waals surface area contributed by atoms with Crippen molar-refractivity contribution < 1.29 is 23.1 Å². The lowest BCUT2D eigenvalue weighted by molar-refractivity contribution is -0.133. The van der Waals surface area contributed by atoms with Crippen molar-refractivity contribution in [1.29, 1.82) is 0 Å². The Labute approximate surface area is 207 Å². The molecule has 1 N–H and O–H groups in total. The van der Waals surface area contributed by atoms with Gasteiger partial charge in [-0.3, -0.25) is 4.79 Å². The number of nitrogens with zero attached hydrogens (tertiary/aromatic N) is 2. The summed E-state index contributed by atoms with van der Waals surface area (Å²) in [4.78, 5) is 29.1. The van der Waals surface area contributed by atoms with Crippen LogP contribution in [0.2, 0.25) is 10.0 Å². The van der Waals surface area contributed by atoms with E-state index in [1.807, 2.05) is 0 Å². The number of amides is 3. The van der Waals surface area contributed by atoms with E-state index in [-0.39, 0.29) is 49.5 Å². The lowest BCUT2D eigenvalue weighted by Gasteiger charge is -2.27. The van der Waals surface area contributed by atoms with E-state index in [1.165, 1.54) is 41.4 Å². The van der Waals surface area contributed by atoms with Gasteiger partial charge in [-0.05, 0) is 48.0 Å². The van der Waals surface area contributed by atoms with Crippen molar-refractivity contribution in [3.05, 3.63) is 88.0 Å². The molecule has 0 unspecified atom stereocenters. The number of urea groups is 1. The Morgan fingerprint density at radius 3 is 2.47 bits per heavy atom. The molecule has 0 aliphatic carbocycles. The molecular formula is C24H24Cl2FN3O4. The smallest absolute Gasteiger partial charge is 0.322 e. The second-order valence-corrected chi connectivity index (χ2v) is 8.27. The van der Waals surface area contributed by atoms with Gasteiger partial charge in [-0.2, -0.15) is 0 Å². The van der Waals surface area contributed by atoms with E-state index in [2.05, 4.69) is 5.32 Å². The number of hydrogen-bond acceptors (Lipinski definition) is 4. The molecule has 1 aromatic heterocycles. The molecule has 0 fully saturated rings. The standard InChI is InChI=1S/C24H24Cl2FN3O4/c1-33-12-10-29(24(32)28-22-9-6-18(25)13-21(22)26)16-23(31)30(15-20-3-2-11-34-20)14-17-4-7-19(27)8-5-17/h2-9,11,13H,10,12,14-16H2,1H3,(H,28,32). The molecule has 34 heavy (non-hydrogen) atoms. The summed E-state index contributed by atoms with van der Waals surface area (Å²) in [6.45, 7) is 0.576. The normalized spacial score (nSPS) is 10.7. The van der Waals surface area contributed by atoms with Crippen LogP contribution in [0.25, 0.3) is 0 Å². The molecule has 0 aliphatic heterocycles. The van der Waals surface area contributed by atoms with Crippen LogP contribution >= 0.6 is 23.2 Å². The first-order chi connectivity index (χ1) is 16.4. The number of carbonyl (C=O) groups excluding carboxylic acids is 2. The van der Waals surface area contributed by atoms with E-state index < -0.39 is 6.03 Å². The Morgan fingerprint density at radius 2 is 1.82 bits per heavy atom. The Bertz CT molecular complexity index is 1090. The SMILES string of the molecule is COCCN(CC(=O)N(Cc1ccc(F)cc1)Cc1ccco1)C(=O)Nc1ccc(Cl)cc1Cl. The Balaban J connectivity index is 1.76. The Kier molecular flexibility index (Phi) is 9.33. The summed E-state index contributed by atoms with van der Waals surface area (Å²) in [6, 6.07) is 13.5. The highest BCUT2D eigenvalue weighted by Crippen LogP contribution is 2.25. The second kappa shape index (κ2) is 12.4. The molecule has 1 heterocycles. The van der Waals surface area contributed by atoms with Crippen LogP contribution in [-0.2, 0) is 22.6 Å². The molecule has 10 heteroatoms. The average Bonchev–Trinajstić information content (AvgIpc) is 3.32. The Morgan fingerprint density at radius 1 is 1.06 bits per heavy atom. The van der Waals surface area contributed by atoms with Crippen LogP contribution in [0.1, 0.15) is 11.3 Å². The highest BCUT2D eigenvalue weighted by Gasteiger charge is 2.23. The minimum Gasteiger partial charge on any atom is -0.467 e. The van der Waals surface area contributed by atoms with Gasteiger partial charge < -0.3 is 24.3 Å². The third kappa shape index (κ3) is 7.48. The van der Waals surface area contributed by atoms with Gasteiger partial charge in [-0.25, -0.2) is 9.18 Å². The van der Waals surface area contributed by atoms with E-state index in [0.29, 0.717) is 16.5 Å². The number of anilines is 1. The first kappa shape index (κ1) is 25.6. The molecule has 180 valence electrons. The number of halogens is 3. The fourth-order valence-corrected chi connectivity index (χ4v) is 3.59. The first-order valence-electron chi connectivity index (χ1n) is 10.4. The van der Waals surface area contributed by atoms with Gasteiger partial charge in [-0.15, -0.1) is 0 Å². The molecule has 0 saturated carbocycles. The van der Waals surface area contributed by atoms with Crippen molar-refractivity contribution in [3.8, 4) is 0 Å². The molecule has 3 rings (SSSR count). The molecule has 3 aromatic rings. The second-order valence-electron chi connectivity index (χ2n) is 7.42. The van der Waals surface area contributed by atoms with Crippen molar-refractivity contribution in [2.24, 2.45) is 0 Å². The van der Waals surface area contributed by atoms with Gasteiger partial charge >= 0.3 is 6.03 Å². The van der Waals surface area contributed by atoms with Crippen molar-refractivity contribution in [1.82, 2.24) is 9.80 Å². The summed E-state index contributed by atoms with van der Waals surface area (Å²) >= 11 is 12.1. The van der Waals surface area contributed by atoms with Crippen LogP contribution in [-0.4, -0.2) is 48.5 Å². The summed E-state index contributed by atoms with van der Waals surface area (Å²) in [5, 5.41) is 3.41. The Hall–Kier alpha value is -3.07. The van der Waals surface area contributed by atoms with E-state index in [4.69, 9.17) is 32.4 Å². The molecule has 7 nitrogen and oxygen atoms in total. The fourth-order valence-electron chi connectivity index (χ4n) is 3.14. The quantitative estimate of drug-likeness (QED) is 0.396. The zero-order chi connectivity index (χ0) is 24.5. The van der Waals surface area contributed by atoms with Crippen LogP contribution in [0.15, 0.2) is 65.3 Å². The topological polar surface area (TPSA) is 75.0 Å². The van der Waals surface area contributed by atoms with E-state index in [1.54, 1.807) is 36.4 Å². The fraction of sp³-hybridized carbons (Fsp3) is 0.250. The number of nitrogens with one attached hydrogen (secondary N) is 1. The van der Waals surface area contributed by atoms with Gasteiger partial charge in [0.25, 0.3) is 0 Å². The summed E-state index contributed by atoms with van der Waals surface area (Å²) < 4.78 is 23.8. The summed E-state index contributed by atoms with van der Waals surface area (Å²) in [5.74, 6) is -0.110. The van der Waals surface area contributed by atoms with Crippen LogP contribution < -0.4 is 5.32 Å². The summed E-state index contributed by atoms with van der Waals surface area (Å²) in [7, 11) is 1.51. The van der Waals surface area contributed by atoms with Gasteiger partial charge in [0.2, 0.25) is 5.91 Å². The molecule has 0 bridgehead atoms. The minimum atomic E-state index is -0.519. The number of rotatable bonds is 10. The van der Waals surface area contributed by atoms with Crippen molar-refractivity contribution in [2.75, 3.05) is 32.1 Å². The highest BCUT2D eigenvalue weighted by atomic mass is 35.5. The van der Waals surface area contributed by atoms with Gasteiger partial charge in [-0.1, -0.05) is 35.3 Å². The van der Waals surface area contributed by atoms with Crippen molar-refractivity contribution in [3.63, 3.8) is 0 Å². The molecule has 0 aliphatic rings. The highest BCUT2D eigenvalue weighted by molar-refractivity contribution is 6.36. The van der Waals surface area contributed by atoms with Gasteiger partial charge in [0.05, 0.1) is 30.1 Å². The maximum Gasteiger partial charge on any atom is 0.322 e. The number of carbonyl (C=O) groups is 2. The molecule has 0 atom stereocenters. The van der Waals surface area contributed by atoms with Crippen molar-refractivity contribution in [2.45, 2.75) is 13.1 Å². The lowest BCUT2D eigenvalue weighted by Crippen LogP contribution is -2.45. The van der Waals surface area contributed by atoms with E-state index in [0.717, 1.165) is 5.56 Å². The zero-order valence-corrected chi connectivity index (χ0v) is 20.0. The van der Waals surface area contributed by atoms with Gasteiger partial charge in [0.15, 0.2) is 0 Å². The maximum atomic E-state index is 13.3. The molecule has 0 saturated heterocycles. The number of furan rings is 1.